The van der Waals surface area contributed by atoms with Crippen molar-refractivity contribution >= 4 is 22.8 Å². The van der Waals surface area contributed by atoms with Crippen LogP contribution in [0.1, 0.15) is 25.7 Å². The Labute approximate surface area is 146 Å². The zero-order valence-corrected chi connectivity index (χ0v) is 14.3. The standard InChI is InChI=1S/C18H23N5O2/c24-17(13-23-16-8-4-3-7-15(16)19-20-23)21-9-11-22(12-10-21)18(25)14-5-1-2-6-14/h3-4,7-8,14H,1-2,5-6,9-13H2. The number of carbonyl (C=O) groups is 2. The Balaban J connectivity index is 1.34. The molecule has 132 valence electrons. The zero-order valence-electron chi connectivity index (χ0n) is 14.3. The van der Waals surface area contributed by atoms with Crippen molar-refractivity contribution in [2.75, 3.05) is 26.2 Å². The summed E-state index contributed by atoms with van der Waals surface area (Å²) in [5.41, 5.74) is 1.66. The molecule has 1 saturated heterocycles. The topological polar surface area (TPSA) is 71.3 Å². The summed E-state index contributed by atoms with van der Waals surface area (Å²) in [4.78, 5) is 28.8. The van der Waals surface area contributed by atoms with Crippen LogP contribution in [0, 0.1) is 5.92 Å². The zero-order chi connectivity index (χ0) is 17.2. The molecule has 0 bridgehead atoms. The van der Waals surface area contributed by atoms with Gasteiger partial charge in [0, 0.05) is 32.1 Å². The van der Waals surface area contributed by atoms with Gasteiger partial charge in [0.25, 0.3) is 0 Å². The normalized spacial score (nSPS) is 18.9. The molecule has 0 unspecified atom stereocenters. The molecule has 1 aromatic carbocycles. The highest BCUT2D eigenvalue weighted by Crippen LogP contribution is 2.27. The fourth-order valence-electron chi connectivity index (χ4n) is 3.87. The van der Waals surface area contributed by atoms with Gasteiger partial charge in [0.05, 0.1) is 5.52 Å². The summed E-state index contributed by atoms with van der Waals surface area (Å²) in [5.74, 6) is 0.527. The van der Waals surface area contributed by atoms with Gasteiger partial charge >= 0.3 is 0 Å². The first-order valence-corrected chi connectivity index (χ1v) is 9.07. The van der Waals surface area contributed by atoms with E-state index in [1.165, 1.54) is 12.8 Å². The quantitative estimate of drug-likeness (QED) is 0.843. The van der Waals surface area contributed by atoms with Gasteiger partial charge in [-0.05, 0) is 25.0 Å². The second-order valence-corrected chi connectivity index (χ2v) is 6.92. The minimum atomic E-state index is 0.0311. The number of benzene rings is 1. The van der Waals surface area contributed by atoms with Crippen LogP contribution in [0.2, 0.25) is 0 Å². The van der Waals surface area contributed by atoms with Crippen molar-refractivity contribution < 1.29 is 9.59 Å². The molecule has 7 heteroatoms. The number of aromatic nitrogens is 3. The molecule has 2 amide bonds. The van der Waals surface area contributed by atoms with Crippen molar-refractivity contribution in [2.24, 2.45) is 5.92 Å². The van der Waals surface area contributed by atoms with Gasteiger partial charge in [0.15, 0.2) is 0 Å². The van der Waals surface area contributed by atoms with Crippen LogP contribution >= 0.6 is 0 Å². The molecule has 0 spiro atoms. The number of fused-ring (bicyclic) bond motifs is 1. The van der Waals surface area contributed by atoms with Crippen LogP contribution in [-0.4, -0.2) is 62.8 Å². The molecule has 0 radical (unpaired) electrons. The summed E-state index contributed by atoms with van der Waals surface area (Å²) in [7, 11) is 0. The van der Waals surface area contributed by atoms with E-state index in [0.29, 0.717) is 26.2 Å². The second kappa shape index (κ2) is 6.82. The SMILES string of the molecule is O=C(Cn1nnc2ccccc21)N1CCN(C(=O)C2CCCC2)CC1. The highest BCUT2D eigenvalue weighted by atomic mass is 16.2. The Bertz CT molecular complexity index is 773. The predicted molar refractivity (Wildman–Crippen MR) is 92.6 cm³/mol. The number of amides is 2. The average molecular weight is 341 g/mol. The van der Waals surface area contributed by atoms with Crippen LogP contribution < -0.4 is 0 Å². The first-order chi connectivity index (χ1) is 12.2. The Morgan fingerprint density at radius 1 is 1.00 bits per heavy atom. The lowest BCUT2D eigenvalue weighted by molar-refractivity contribution is -0.142. The van der Waals surface area contributed by atoms with Crippen molar-refractivity contribution in [1.82, 2.24) is 24.8 Å². The van der Waals surface area contributed by atoms with Crippen molar-refractivity contribution in [3.8, 4) is 0 Å². The monoisotopic (exact) mass is 341 g/mol. The number of rotatable bonds is 3. The van der Waals surface area contributed by atoms with Crippen LogP contribution in [0.15, 0.2) is 24.3 Å². The Morgan fingerprint density at radius 2 is 1.68 bits per heavy atom. The molecule has 2 fully saturated rings. The van der Waals surface area contributed by atoms with E-state index < -0.39 is 0 Å². The molecule has 0 atom stereocenters. The van der Waals surface area contributed by atoms with E-state index >= 15 is 0 Å². The fourth-order valence-corrected chi connectivity index (χ4v) is 3.87. The first kappa shape index (κ1) is 16.1. The molecule has 1 aromatic heterocycles. The number of hydrogen-bond acceptors (Lipinski definition) is 4. The predicted octanol–water partition coefficient (Wildman–Crippen LogP) is 1.29. The molecule has 2 aliphatic rings. The van der Waals surface area contributed by atoms with Gasteiger partial charge in [-0.3, -0.25) is 9.59 Å². The average Bonchev–Trinajstić information content (AvgIpc) is 3.32. The third-order valence-electron chi connectivity index (χ3n) is 5.35. The van der Waals surface area contributed by atoms with Crippen LogP contribution in [0.5, 0.6) is 0 Å². The van der Waals surface area contributed by atoms with Crippen molar-refractivity contribution in [1.29, 1.82) is 0 Å². The highest BCUT2D eigenvalue weighted by molar-refractivity contribution is 5.81. The van der Waals surface area contributed by atoms with Gasteiger partial charge in [0.2, 0.25) is 11.8 Å². The van der Waals surface area contributed by atoms with Gasteiger partial charge in [0.1, 0.15) is 12.1 Å². The maximum atomic E-state index is 12.6. The van der Waals surface area contributed by atoms with Gasteiger partial charge in [-0.1, -0.05) is 30.2 Å². The van der Waals surface area contributed by atoms with E-state index in [4.69, 9.17) is 0 Å². The summed E-state index contributed by atoms with van der Waals surface area (Å²) >= 11 is 0. The number of para-hydroxylation sites is 1. The number of nitrogens with zero attached hydrogens (tertiary/aromatic N) is 5. The maximum absolute atomic E-state index is 12.6. The lowest BCUT2D eigenvalue weighted by atomic mass is 10.1. The highest BCUT2D eigenvalue weighted by Gasteiger charge is 2.30. The summed E-state index contributed by atoms with van der Waals surface area (Å²) in [6.45, 7) is 2.67. The second-order valence-electron chi connectivity index (χ2n) is 6.92. The lowest BCUT2D eigenvalue weighted by Gasteiger charge is -2.36. The molecule has 7 nitrogen and oxygen atoms in total. The van der Waals surface area contributed by atoms with E-state index in [1.54, 1.807) is 4.68 Å². The third-order valence-corrected chi connectivity index (χ3v) is 5.35. The molecule has 1 aliphatic carbocycles. The fraction of sp³-hybridized carbons (Fsp3) is 0.556. The molecule has 1 aliphatic heterocycles. The van der Waals surface area contributed by atoms with E-state index in [2.05, 4.69) is 10.3 Å². The third kappa shape index (κ3) is 3.23. The lowest BCUT2D eigenvalue weighted by Crippen LogP contribution is -2.52. The van der Waals surface area contributed by atoms with Crippen LogP contribution in [0.3, 0.4) is 0 Å². The summed E-state index contributed by atoms with van der Waals surface area (Å²) in [5, 5.41) is 8.17. The molecule has 1 saturated carbocycles. The molecule has 0 N–H and O–H groups in total. The largest absolute Gasteiger partial charge is 0.339 e. The minimum Gasteiger partial charge on any atom is -0.339 e. The van der Waals surface area contributed by atoms with Crippen molar-refractivity contribution in [3.05, 3.63) is 24.3 Å². The Morgan fingerprint density at radius 3 is 2.44 bits per heavy atom. The smallest absolute Gasteiger partial charge is 0.244 e. The van der Waals surface area contributed by atoms with Gasteiger partial charge in [-0.25, -0.2) is 4.68 Å². The number of hydrogen-bond donors (Lipinski definition) is 0. The van der Waals surface area contributed by atoms with E-state index in [1.807, 2.05) is 34.1 Å². The Hall–Kier alpha value is -2.44. The molecule has 25 heavy (non-hydrogen) atoms. The van der Waals surface area contributed by atoms with Gasteiger partial charge in [-0.2, -0.15) is 0 Å². The summed E-state index contributed by atoms with van der Waals surface area (Å²) in [6.07, 6.45) is 4.39. The van der Waals surface area contributed by atoms with Crippen LogP contribution in [0.25, 0.3) is 11.0 Å². The van der Waals surface area contributed by atoms with E-state index in [-0.39, 0.29) is 24.3 Å². The molecular weight excluding hydrogens is 318 g/mol. The van der Waals surface area contributed by atoms with E-state index in [9.17, 15) is 9.59 Å². The Kier molecular flexibility index (Phi) is 4.38. The number of carbonyl (C=O) groups excluding carboxylic acids is 2. The molecule has 2 heterocycles. The summed E-state index contributed by atoms with van der Waals surface area (Å²) < 4.78 is 1.65. The minimum absolute atomic E-state index is 0.0311. The van der Waals surface area contributed by atoms with E-state index in [0.717, 1.165) is 23.9 Å². The number of piperazine rings is 1. The van der Waals surface area contributed by atoms with Gasteiger partial charge < -0.3 is 9.80 Å². The molecule has 4 rings (SSSR count). The van der Waals surface area contributed by atoms with Crippen LogP contribution in [-0.2, 0) is 16.1 Å². The van der Waals surface area contributed by atoms with Gasteiger partial charge in [-0.15, -0.1) is 5.10 Å². The van der Waals surface area contributed by atoms with Crippen molar-refractivity contribution in [3.63, 3.8) is 0 Å². The van der Waals surface area contributed by atoms with Crippen molar-refractivity contribution in [2.45, 2.75) is 32.2 Å². The maximum Gasteiger partial charge on any atom is 0.244 e. The molecule has 2 aromatic rings. The molecular formula is C18H23N5O2. The first-order valence-electron chi connectivity index (χ1n) is 9.07. The van der Waals surface area contributed by atoms with Crippen LogP contribution in [0.4, 0.5) is 0 Å². The summed E-state index contributed by atoms with van der Waals surface area (Å²) in [6, 6.07) is 7.63.